The Hall–Kier alpha value is -2.27. The molecular weight excluding hydrogens is 314 g/mol. The summed E-state index contributed by atoms with van der Waals surface area (Å²) >= 11 is 0. The first kappa shape index (κ1) is 17.5. The van der Waals surface area contributed by atoms with Crippen LogP contribution in [0.15, 0.2) is 30.5 Å². The van der Waals surface area contributed by atoms with Gasteiger partial charge in [-0.15, -0.1) is 0 Å². The van der Waals surface area contributed by atoms with Crippen molar-refractivity contribution in [3.63, 3.8) is 0 Å². The lowest BCUT2D eigenvalue weighted by molar-refractivity contribution is -0.136. The first-order valence-corrected chi connectivity index (χ1v) is 8.75. The van der Waals surface area contributed by atoms with E-state index in [0.29, 0.717) is 6.54 Å². The minimum Gasteiger partial charge on any atom is -0.375 e. The molecule has 1 aromatic heterocycles. The molecule has 0 spiro atoms. The lowest BCUT2D eigenvalue weighted by atomic mass is 9.89. The highest BCUT2D eigenvalue weighted by Crippen LogP contribution is 2.33. The van der Waals surface area contributed by atoms with Crippen LogP contribution in [0, 0.1) is 13.8 Å². The topological polar surface area (TPSA) is 55.3 Å². The Morgan fingerprint density at radius 1 is 1.36 bits per heavy atom. The number of hydrogen-bond donors (Lipinski definition) is 0. The molecule has 25 heavy (non-hydrogen) atoms. The van der Waals surface area contributed by atoms with Crippen LogP contribution in [0.2, 0.25) is 0 Å². The van der Waals surface area contributed by atoms with Crippen molar-refractivity contribution >= 4 is 5.91 Å². The van der Waals surface area contributed by atoms with Crippen LogP contribution in [-0.2, 0) is 9.53 Å². The number of carbonyl (C=O) groups excluding carboxylic acids is 1. The molecule has 0 aliphatic carbocycles. The van der Waals surface area contributed by atoms with Crippen LogP contribution in [-0.4, -0.2) is 47.6 Å². The summed E-state index contributed by atoms with van der Waals surface area (Å²) < 4.78 is 5.01. The van der Waals surface area contributed by atoms with Gasteiger partial charge in [-0.1, -0.05) is 29.8 Å². The maximum Gasteiger partial charge on any atom is 0.248 e. The molecule has 5 heteroatoms. The zero-order valence-electron chi connectivity index (χ0n) is 15.2. The highest BCUT2D eigenvalue weighted by atomic mass is 16.5. The summed E-state index contributed by atoms with van der Waals surface area (Å²) in [5, 5.41) is 0. The Morgan fingerprint density at radius 2 is 2.20 bits per heavy atom. The van der Waals surface area contributed by atoms with E-state index in [9.17, 15) is 4.79 Å². The van der Waals surface area contributed by atoms with Crippen LogP contribution in [0.4, 0.5) is 0 Å². The molecule has 1 amide bonds. The van der Waals surface area contributed by atoms with Gasteiger partial charge in [0.05, 0.1) is 5.69 Å². The molecule has 1 aliphatic heterocycles. The minimum atomic E-state index is 0.0510. The first-order chi connectivity index (χ1) is 12.1. The number of hydrogen-bond acceptors (Lipinski definition) is 4. The Kier molecular flexibility index (Phi) is 5.43. The standard InChI is InChI=1S/C20H25N3O2/c1-14-6-4-7-16(10-14)18-11-21-15(2)22-20(18)17-8-5-9-23(12-17)19(24)13-25-3/h4,6-7,10-11,17H,5,8-9,12-13H2,1-3H3. The highest BCUT2D eigenvalue weighted by Gasteiger charge is 2.27. The van der Waals surface area contributed by atoms with E-state index in [1.807, 2.05) is 18.0 Å². The summed E-state index contributed by atoms with van der Waals surface area (Å²) in [5.41, 5.74) is 4.47. The van der Waals surface area contributed by atoms with Crippen molar-refractivity contribution in [2.45, 2.75) is 32.6 Å². The largest absolute Gasteiger partial charge is 0.375 e. The molecule has 1 fully saturated rings. The number of benzene rings is 1. The molecule has 132 valence electrons. The van der Waals surface area contributed by atoms with Gasteiger partial charge in [-0.3, -0.25) is 4.79 Å². The molecule has 1 atom stereocenters. The number of piperidine rings is 1. The van der Waals surface area contributed by atoms with Crippen LogP contribution in [0.3, 0.4) is 0 Å². The third kappa shape index (κ3) is 4.04. The van der Waals surface area contributed by atoms with Crippen LogP contribution in [0.25, 0.3) is 11.1 Å². The molecule has 2 heterocycles. The molecule has 1 saturated heterocycles. The molecule has 2 aromatic rings. The third-order valence-electron chi connectivity index (χ3n) is 4.70. The van der Waals surface area contributed by atoms with Crippen molar-refractivity contribution in [1.29, 1.82) is 0 Å². The van der Waals surface area contributed by atoms with E-state index in [1.165, 1.54) is 5.56 Å². The zero-order chi connectivity index (χ0) is 17.8. The van der Waals surface area contributed by atoms with Gasteiger partial charge in [0.25, 0.3) is 0 Å². The summed E-state index contributed by atoms with van der Waals surface area (Å²) in [6, 6.07) is 8.41. The second-order valence-corrected chi connectivity index (χ2v) is 6.70. The lowest BCUT2D eigenvalue weighted by Crippen LogP contribution is -2.41. The van der Waals surface area contributed by atoms with Crippen molar-refractivity contribution in [3.05, 3.63) is 47.5 Å². The number of amides is 1. The minimum absolute atomic E-state index is 0.0510. The Bertz CT molecular complexity index is 760. The predicted molar refractivity (Wildman–Crippen MR) is 97.4 cm³/mol. The Morgan fingerprint density at radius 3 is 2.96 bits per heavy atom. The predicted octanol–water partition coefficient (Wildman–Crippen LogP) is 3.11. The van der Waals surface area contributed by atoms with Crippen molar-refractivity contribution in [3.8, 4) is 11.1 Å². The van der Waals surface area contributed by atoms with Crippen LogP contribution in [0.1, 0.15) is 35.8 Å². The normalized spacial score (nSPS) is 17.6. The Balaban J connectivity index is 1.93. The summed E-state index contributed by atoms with van der Waals surface area (Å²) in [6.07, 6.45) is 3.94. The third-order valence-corrected chi connectivity index (χ3v) is 4.70. The molecule has 1 aliphatic rings. The number of rotatable bonds is 4. The number of ether oxygens (including phenoxy) is 1. The first-order valence-electron chi connectivity index (χ1n) is 8.75. The molecular formula is C20H25N3O2. The number of aryl methyl sites for hydroxylation is 2. The molecule has 0 N–H and O–H groups in total. The molecule has 5 nitrogen and oxygen atoms in total. The maximum absolute atomic E-state index is 12.2. The van der Waals surface area contributed by atoms with Crippen molar-refractivity contribution < 1.29 is 9.53 Å². The molecule has 1 unspecified atom stereocenters. The average Bonchev–Trinajstić information content (AvgIpc) is 2.62. The van der Waals surface area contributed by atoms with Gasteiger partial charge < -0.3 is 9.64 Å². The van der Waals surface area contributed by atoms with Gasteiger partial charge >= 0.3 is 0 Å². The second kappa shape index (κ2) is 7.74. The van der Waals surface area contributed by atoms with Gasteiger partial charge in [0.1, 0.15) is 12.4 Å². The quantitative estimate of drug-likeness (QED) is 0.859. The van der Waals surface area contributed by atoms with Gasteiger partial charge in [0.2, 0.25) is 5.91 Å². The summed E-state index contributed by atoms with van der Waals surface area (Å²) in [7, 11) is 1.56. The van der Waals surface area contributed by atoms with Gasteiger partial charge in [-0.05, 0) is 32.3 Å². The van der Waals surface area contributed by atoms with Gasteiger partial charge in [-0.25, -0.2) is 9.97 Å². The van der Waals surface area contributed by atoms with E-state index < -0.39 is 0 Å². The lowest BCUT2D eigenvalue weighted by Gasteiger charge is -2.33. The van der Waals surface area contributed by atoms with Gasteiger partial charge in [0, 0.05) is 37.9 Å². The summed E-state index contributed by atoms with van der Waals surface area (Å²) in [6.45, 7) is 5.63. The maximum atomic E-state index is 12.2. The van der Waals surface area contributed by atoms with Crippen LogP contribution < -0.4 is 0 Å². The molecule has 0 bridgehead atoms. The van der Waals surface area contributed by atoms with E-state index in [0.717, 1.165) is 42.0 Å². The van der Waals surface area contributed by atoms with E-state index in [4.69, 9.17) is 9.72 Å². The monoisotopic (exact) mass is 339 g/mol. The van der Waals surface area contributed by atoms with Crippen LogP contribution >= 0.6 is 0 Å². The van der Waals surface area contributed by atoms with E-state index in [-0.39, 0.29) is 18.4 Å². The molecule has 1 aromatic carbocycles. The van der Waals surface area contributed by atoms with Crippen LogP contribution in [0.5, 0.6) is 0 Å². The van der Waals surface area contributed by atoms with E-state index in [2.05, 4.69) is 36.2 Å². The van der Waals surface area contributed by atoms with Crippen molar-refractivity contribution in [2.75, 3.05) is 26.8 Å². The summed E-state index contributed by atoms with van der Waals surface area (Å²) in [4.78, 5) is 23.3. The number of methoxy groups -OCH3 is 1. The fourth-order valence-corrected chi connectivity index (χ4v) is 3.48. The SMILES string of the molecule is COCC(=O)N1CCCC(c2nc(C)ncc2-c2cccc(C)c2)C1. The van der Waals surface area contributed by atoms with Gasteiger partial charge in [0.15, 0.2) is 0 Å². The van der Waals surface area contributed by atoms with E-state index in [1.54, 1.807) is 7.11 Å². The number of nitrogens with zero attached hydrogens (tertiary/aromatic N) is 3. The van der Waals surface area contributed by atoms with Gasteiger partial charge in [-0.2, -0.15) is 0 Å². The number of likely N-dealkylation sites (tertiary alicyclic amines) is 1. The fourth-order valence-electron chi connectivity index (χ4n) is 3.48. The number of carbonyl (C=O) groups is 1. The van der Waals surface area contributed by atoms with Crippen molar-refractivity contribution in [2.24, 2.45) is 0 Å². The van der Waals surface area contributed by atoms with Crippen molar-refractivity contribution in [1.82, 2.24) is 14.9 Å². The molecule has 0 saturated carbocycles. The average molecular weight is 339 g/mol. The summed E-state index contributed by atoms with van der Waals surface area (Å²) in [5.74, 6) is 1.05. The Labute approximate surface area is 149 Å². The second-order valence-electron chi connectivity index (χ2n) is 6.70. The smallest absolute Gasteiger partial charge is 0.248 e. The van der Waals surface area contributed by atoms with E-state index >= 15 is 0 Å². The molecule has 0 radical (unpaired) electrons. The highest BCUT2D eigenvalue weighted by molar-refractivity contribution is 5.77. The number of aromatic nitrogens is 2. The fraction of sp³-hybridized carbons (Fsp3) is 0.450. The zero-order valence-corrected chi connectivity index (χ0v) is 15.2. The molecule has 3 rings (SSSR count).